The second kappa shape index (κ2) is 8.27. The van der Waals surface area contributed by atoms with Gasteiger partial charge in [-0.25, -0.2) is 13.8 Å². The molecular formula is C26H18F2N4O. The Morgan fingerprint density at radius 3 is 2.45 bits per heavy atom. The van der Waals surface area contributed by atoms with Crippen LogP contribution in [0.15, 0.2) is 85.3 Å². The van der Waals surface area contributed by atoms with E-state index in [-0.39, 0.29) is 11.4 Å². The van der Waals surface area contributed by atoms with E-state index < -0.39 is 11.7 Å². The average Bonchev–Trinajstić information content (AvgIpc) is 3.22. The highest BCUT2D eigenvalue weighted by atomic mass is 19.1. The third-order valence-electron chi connectivity index (χ3n) is 5.42. The van der Waals surface area contributed by atoms with Crippen LogP contribution in [-0.2, 0) is 6.42 Å². The molecule has 1 amide bonds. The number of primary amides is 1. The molecule has 3 heterocycles. The van der Waals surface area contributed by atoms with Crippen molar-refractivity contribution in [2.24, 2.45) is 5.73 Å². The largest absolute Gasteiger partial charge is 0.366 e. The highest BCUT2D eigenvalue weighted by Crippen LogP contribution is 2.26. The summed E-state index contributed by atoms with van der Waals surface area (Å²) in [5, 5.41) is 0. The molecule has 0 aliphatic rings. The molecule has 5 aromatic rings. The van der Waals surface area contributed by atoms with Crippen LogP contribution < -0.4 is 5.73 Å². The van der Waals surface area contributed by atoms with Gasteiger partial charge >= 0.3 is 0 Å². The molecule has 0 fully saturated rings. The summed E-state index contributed by atoms with van der Waals surface area (Å²) in [6, 6.07) is 18.0. The summed E-state index contributed by atoms with van der Waals surface area (Å²) in [4.78, 5) is 20.3. The number of hydrogen-bond donors (Lipinski definition) is 1. The van der Waals surface area contributed by atoms with E-state index in [1.807, 2.05) is 34.9 Å². The van der Waals surface area contributed by atoms with Gasteiger partial charge in [-0.3, -0.25) is 14.2 Å². The van der Waals surface area contributed by atoms with Crippen LogP contribution in [0.4, 0.5) is 8.78 Å². The van der Waals surface area contributed by atoms with Gasteiger partial charge in [-0.2, -0.15) is 0 Å². The van der Waals surface area contributed by atoms with Gasteiger partial charge in [-0.15, -0.1) is 0 Å². The number of pyridine rings is 2. The van der Waals surface area contributed by atoms with Crippen LogP contribution in [0.3, 0.4) is 0 Å². The van der Waals surface area contributed by atoms with Gasteiger partial charge in [0.2, 0.25) is 5.91 Å². The van der Waals surface area contributed by atoms with E-state index >= 15 is 0 Å². The normalized spacial score (nSPS) is 11.1. The van der Waals surface area contributed by atoms with Crippen LogP contribution in [0.2, 0.25) is 0 Å². The van der Waals surface area contributed by atoms with Crippen molar-refractivity contribution in [1.29, 1.82) is 0 Å². The number of amides is 1. The summed E-state index contributed by atoms with van der Waals surface area (Å²) in [6.07, 6.45) is 5.82. The number of benzene rings is 2. The van der Waals surface area contributed by atoms with Gasteiger partial charge in [0.05, 0.1) is 17.6 Å². The highest BCUT2D eigenvalue weighted by molar-refractivity contribution is 5.93. The van der Waals surface area contributed by atoms with E-state index in [0.29, 0.717) is 12.0 Å². The number of nitrogens with two attached hydrogens (primary N) is 1. The number of carbonyl (C=O) groups excluding carboxylic acids is 1. The fraction of sp³-hybridized carbons (Fsp3) is 0.0385. The van der Waals surface area contributed by atoms with Crippen molar-refractivity contribution in [2.45, 2.75) is 6.42 Å². The standard InChI is InChI=1S/C26H18F2N4O/c27-21-3-1-18(2-4-21)23-14-19(5-7-30-23)24-15-31-25-12-16(6-8-32(24)25)9-17-10-20(26(29)33)13-22(28)11-17/h1-8,10-15H,9H2,(H2,29,33). The minimum atomic E-state index is -0.665. The first-order valence-corrected chi connectivity index (χ1v) is 10.2. The van der Waals surface area contributed by atoms with Crippen molar-refractivity contribution in [3.05, 3.63) is 114 Å². The Bertz CT molecular complexity index is 1490. The molecule has 0 bridgehead atoms. The number of aromatic nitrogens is 3. The Labute approximate surface area is 188 Å². The third kappa shape index (κ3) is 4.21. The van der Waals surface area contributed by atoms with E-state index in [2.05, 4.69) is 9.97 Å². The maximum atomic E-state index is 13.9. The molecule has 0 saturated carbocycles. The fourth-order valence-corrected chi connectivity index (χ4v) is 3.85. The summed E-state index contributed by atoms with van der Waals surface area (Å²) in [6.45, 7) is 0. The van der Waals surface area contributed by atoms with Crippen molar-refractivity contribution in [3.8, 4) is 22.5 Å². The molecule has 33 heavy (non-hydrogen) atoms. The highest BCUT2D eigenvalue weighted by Gasteiger charge is 2.11. The lowest BCUT2D eigenvalue weighted by molar-refractivity contribution is 0.0999. The molecule has 162 valence electrons. The molecule has 0 aliphatic carbocycles. The number of carbonyl (C=O) groups is 1. The second-order valence-corrected chi connectivity index (χ2v) is 7.73. The Morgan fingerprint density at radius 2 is 1.67 bits per heavy atom. The molecule has 2 N–H and O–H groups in total. The Balaban J connectivity index is 1.46. The summed E-state index contributed by atoms with van der Waals surface area (Å²) in [5.41, 5.74) is 11.1. The van der Waals surface area contributed by atoms with Gasteiger partial charge in [-0.1, -0.05) is 0 Å². The monoisotopic (exact) mass is 440 g/mol. The van der Waals surface area contributed by atoms with E-state index in [4.69, 9.17) is 5.73 Å². The molecule has 5 rings (SSSR count). The maximum absolute atomic E-state index is 13.9. The predicted molar refractivity (Wildman–Crippen MR) is 122 cm³/mol. The lowest BCUT2D eigenvalue weighted by atomic mass is 10.0. The topological polar surface area (TPSA) is 73.3 Å². The lowest BCUT2D eigenvalue weighted by Crippen LogP contribution is -2.11. The second-order valence-electron chi connectivity index (χ2n) is 7.73. The van der Waals surface area contributed by atoms with Crippen LogP contribution in [-0.4, -0.2) is 20.3 Å². The molecule has 0 unspecified atom stereocenters. The van der Waals surface area contributed by atoms with Crippen molar-refractivity contribution < 1.29 is 13.6 Å². The summed E-state index contributed by atoms with van der Waals surface area (Å²) in [7, 11) is 0. The summed E-state index contributed by atoms with van der Waals surface area (Å²) in [5.74, 6) is -1.46. The smallest absolute Gasteiger partial charge is 0.248 e. The van der Waals surface area contributed by atoms with E-state index in [0.717, 1.165) is 39.8 Å². The first kappa shape index (κ1) is 20.5. The molecule has 2 aromatic carbocycles. The minimum absolute atomic E-state index is 0.142. The zero-order valence-corrected chi connectivity index (χ0v) is 17.4. The van der Waals surface area contributed by atoms with Gasteiger partial charge < -0.3 is 5.73 Å². The predicted octanol–water partition coefficient (Wildman–Crippen LogP) is 5.03. The van der Waals surface area contributed by atoms with E-state index in [9.17, 15) is 13.6 Å². The minimum Gasteiger partial charge on any atom is -0.366 e. The van der Waals surface area contributed by atoms with E-state index in [1.54, 1.807) is 30.6 Å². The molecule has 0 spiro atoms. The first-order valence-electron chi connectivity index (χ1n) is 10.2. The Hall–Kier alpha value is -4.39. The van der Waals surface area contributed by atoms with Crippen molar-refractivity contribution in [3.63, 3.8) is 0 Å². The average molecular weight is 440 g/mol. The third-order valence-corrected chi connectivity index (χ3v) is 5.42. The molecule has 0 atom stereocenters. The van der Waals surface area contributed by atoms with Gasteiger partial charge in [0.25, 0.3) is 0 Å². The molecule has 0 aliphatic heterocycles. The molecule has 3 aromatic heterocycles. The summed E-state index contributed by atoms with van der Waals surface area (Å²) < 4.78 is 29.1. The molecule has 0 saturated heterocycles. The number of halogens is 2. The first-order chi connectivity index (χ1) is 16.0. The van der Waals surface area contributed by atoms with Gasteiger partial charge in [-0.05, 0) is 84.3 Å². The van der Waals surface area contributed by atoms with Crippen molar-refractivity contribution >= 4 is 11.6 Å². The SMILES string of the molecule is NC(=O)c1cc(F)cc(Cc2ccn3c(-c4ccnc(-c5ccc(F)cc5)c4)cnc3c2)c1. The number of nitrogens with zero attached hydrogens (tertiary/aromatic N) is 3. The molecule has 7 heteroatoms. The molecule has 0 radical (unpaired) electrons. The number of rotatable bonds is 5. The van der Waals surface area contributed by atoms with Gasteiger partial charge in [0.1, 0.15) is 17.3 Å². The fourth-order valence-electron chi connectivity index (χ4n) is 3.85. The van der Waals surface area contributed by atoms with Crippen molar-refractivity contribution in [2.75, 3.05) is 0 Å². The summed E-state index contributed by atoms with van der Waals surface area (Å²) >= 11 is 0. The number of hydrogen-bond acceptors (Lipinski definition) is 3. The van der Waals surface area contributed by atoms with Crippen LogP contribution in [0, 0.1) is 11.6 Å². The van der Waals surface area contributed by atoms with Gasteiger partial charge in [0, 0.05) is 29.1 Å². The van der Waals surface area contributed by atoms with Crippen LogP contribution in [0.1, 0.15) is 21.5 Å². The zero-order valence-electron chi connectivity index (χ0n) is 17.4. The van der Waals surface area contributed by atoms with Crippen molar-refractivity contribution in [1.82, 2.24) is 14.4 Å². The maximum Gasteiger partial charge on any atom is 0.248 e. The van der Waals surface area contributed by atoms with Crippen LogP contribution >= 0.6 is 0 Å². The Morgan fingerprint density at radius 1 is 0.848 bits per heavy atom. The molecule has 5 nitrogen and oxygen atoms in total. The quantitative estimate of drug-likeness (QED) is 0.417. The number of imidazole rings is 1. The van der Waals surface area contributed by atoms with Crippen LogP contribution in [0.25, 0.3) is 28.2 Å². The Kier molecular flexibility index (Phi) is 5.14. The van der Waals surface area contributed by atoms with Gasteiger partial charge in [0.15, 0.2) is 0 Å². The zero-order chi connectivity index (χ0) is 22.9. The molecular weight excluding hydrogens is 422 g/mol. The van der Waals surface area contributed by atoms with E-state index in [1.165, 1.54) is 18.2 Å². The number of fused-ring (bicyclic) bond motifs is 1. The van der Waals surface area contributed by atoms with Crippen LogP contribution in [0.5, 0.6) is 0 Å². The lowest BCUT2D eigenvalue weighted by Gasteiger charge is -2.08.